The number of carbonyl (C=O) groups excluding carboxylic acids is 1. The number of hydrogen-bond donors (Lipinski definition) is 1. The fourth-order valence-corrected chi connectivity index (χ4v) is 2.50. The smallest absolute Gasteiger partial charge is 0.234 e. The molecule has 0 aromatic heterocycles. The summed E-state index contributed by atoms with van der Waals surface area (Å²) in [6.07, 6.45) is 4.73. The number of hydrogen-bond acceptors (Lipinski definition) is 3. The van der Waals surface area contributed by atoms with Gasteiger partial charge in [0.05, 0.1) is 13.2 Å². The Bertz CT molecular complexity index is 425. The number of carbonyl (C=O) groups is 1. The first-order chi connectivity index (χ1) is 10.3. The molecule has 1 aliphatic heterocycles. The molecule has 4 nitrogen and oxygen atoms in total. The van der Waals surface area contributed by atoms with E-state index in [4.69, 9.17) is 4.74 Å². The van der Waals surface area contributed by atoms with Crippen molar-refractivity contribution in [3.05, 3.63) is 29.8 Å². The SMILES string of the molecule is CCCOc1ccc(CNC(=O)CN2CCCCC2)cc1. The molecular weight excluding hydrogens is 264 g/mol. The highest BCUT2D eigenvalue weighted by atomic mass is 16.5. The van der Waals surface area contributed by atoms with E-state index >= 15 is 0 Å². The van der Waals surface area contributed by atoms with Gasteiger partial charge in [-0.15, -0.1) is 0 Å². The van der Waals surface area contributed by atoms with E-state index in [1.54, 1.807) is 0 Å². The van der Waals surface area contributed by atoms with Crippen molar-refractivity contribution in [1.82, 2.24) is 10.2 Å². The molecule has 1 heterocycles. The van der Waals surface area contributed by atoms with Crippen LogP contribution < -0.4 is 10.1 Å². The summed E-state index contributed by atoms with van der Waals surface area (Å²) < 4.78 is 5.54. The number of benzene rings is 1. The highest BCUT2D eigenvalue weighted by Gasteiger charge is 2.13. The topological polar surface area (TPSA) is 41.6 Å². The molecule has 1 aliphatic rings. The number of rotatable bonds is 7. The molecule has 0 spiro atoms. The Morgan fingerprint density at radius 1 is 1.19 bits per heavy atom. The normalized spacial score (nSPS) is 15.7. The lowest BCUT2D eigenvalue weighted by molar-refractivity contribution is -0.122. The van der Waals surface area contributed by atoms with Crippen LogP contribution in [0.15, 0.2) is 24.3 Å². The molecule has 0 bridgehead atoms. The van der Waals surface area contributed by atoms with Crippen molar-refractivity contribution in [3.8, 4) is 5.75 Å². The Morgan fingerprint density at radius 2 is 1.90 bits per heavy atom. The first kappa shape index (κ1) is 15.8. The van der Waals surface area contributed by atoms with Gasteiger partial charge in [-0.2, -0.15) is 0 Å². The Labute approximate surface area is 127 Å². The van der Waals surface area contributed by atoms with Gasteiger partial charge in [0.2, 0.25) is 5.91 Å². The molecule has 0 atom stereocenters. The molecule has 1 aromatic rings. The van der Waals surface area contributed by atoms with Crippen molar-refractivity contribution in [2.24, 2.45) is 0 Å². The number of amides is 1. The van der Waals surface area contributed by atoms with E-state index in [-0.39, 0.29) is 5.91 Å². The summed E-state index contributed by atoms with van der Waals surface area (Å²) in [7, 11) is 0. The molecule has 1 N–H and O–H groups in total. The van der Waals surface area contributed by atoms with Crippen LogP contribution >= 0.6 is 0 Å². The van der Waals surface area contributed by atoms with E-state index < -0.39 is 0 Å². The third-order valence-electron chi connectivity index (χ3n) is 3.70. The van der Waals surface area contributed by atoms with Gasteiger partial charge in [0, 0.05) is 6.54 Å². The average molecular weight is 290 g/mol. The van der Waals surface area contributed by atoms with Crippen LogP contribution in [-0.2, 0) is 11.3 Å². The van der Waals surface area contributed by atoms with Gasteiger partial charge in [0.1, 0.15) is 5.75 Å². The Balaban J connectivity index is 1.70. The minimum atomic E-state index is 0.114. The minimum Gasteiger partial charge on any atom is -0.494 e. The Hall–Kier alpha value is -1.55. The van der Waals surface area contributed by atoms with Gasteiger partial charge in [-0.1, -0.05) is 25.5 Å². The van der Waals surface area contributed by atoms with Gasteiger partial charge in [-0.25, -0.2) is 0 Å². The van der Waals surface area contributed by atoms with Crippen molar-refractivity contribution >= 4 is 5.91 Å². The van der Waals surface area contributed by atoms with E-state index in [0.717, 1.165) is 37.4 Å². The Kier molecular flexibility index (Phi) is 6.54. The quantitative estimate of drug-likeness (QED) is 0.839. The standard InChI is InChI=1S/C17H26N2O2/c1-2-12-21-16-8-6-15(7-9-16)13-18-17(20)14-19-10-4-3-5-11-19/h6-9H,2-5,10-14H2,1H3,(H,18,20). The van der Waals surface area contributed by atoms with Crippen molar-refractivity contribution in [1.29, 1.82) is 0 Å². The molecule has 21 heavy (non-hydrogen) atoms. The molecule has 0 saturated carbocycles. The second kappa shape index (κ2) is 8.67. The lowest BCUT2D eigenvalue weighted by Crippen LogP contribution is -2.39. The second-order valence-corrected chi connectivity index (χ2v) is 5.61. The molecule has 0 radical (unpaired) electrons. The number of ether oxygens (including phenoxy) is 1. The Morgan fingerprint density at radius 3 is 2.57 bits per heavy atom. The molecule has 2 rings (SSSR count). The summed E-state index contributed by atoms with van der Waals surface area (Å²) in [5.74, 6) is 1.00. The highest BCUT2D eigenvalue weighted by Crippen LogP contribution is 2.12. The first-order valence-electron chi connectivity index (χ1n) is 7.98. The van der Waals surface area contributed by atoms with Crippen molar-refractivity contribution in [2.45, 2.75) is 39.2 Å². The van der Waals surface area contributed by atoms with Crippen LogP contribution in [0.2, 0.25) is 0 Å². The average Bonchev–Trinajstić information content (AvgIpc) is 2.53. The monoisotopic (exact) mass is 290 g/mol. The van der Waals surface area contributed by atoms with E-state index in [1.165, 1.54) is 19.3 Å². The molecule has 1 saturated heterocycles. The molecule has 4 heteroatoms. The lowest BCUT2D eigenvalue weighted by Gasteiger charge is -2.25. The van der Waals surface area contributed by atoms with Crippen LogP contribution in [0.3, 0.4) is 0 Å². The maximum Gasteiger partial charge on any atom is 0.234 e. The first-order valence-corrected chi connectivity index (χ1v) is 7.98. The van der Waals surface area contributed by atoms with E-state index in [2.05, 4.69) is 17.1 Å². The van der Waals surface area contributed by atoms with Gasteiger partial charge in [0.25, 0.3) is 0 Å². The molecule has 1 fully saturated rings. The predicted molar refractivity (Wildman–Crippen MR) is 84.4 cm³/mol. The lowest BCUT2D eigenvalue weighted by atomic mass is 10.1. The van der Waals surface area contributed by atoms with Gasteiger partial charge >= 0.3 is 0 Å². The van der Waals surface area contributed by atoms with E-state index in [0.29, 0.717) is 13.1 Å². The number of likely N-dealkylation sites (tertiary alicyclic amines) is 1. The molecule has 1 amide bonds. The van der Waals surface area contributed by atoms with Crippen molar-refractivity contribution in [3.63, 3.8) is 0 Å². The minimum absolute atomic E-state index is 0.114. The maximum atomic E-state index is 11.9. The second-order valence-electron chi connectivity index (χ2n) is 5.61. The van der Waals surface area contributed by atoms with Crippen LogP contribution in [0, 0.1) is 0 Å². The van der Waals surface area contributed by atoms with Crippen LogP contribution in [0.4, 0.5) is 0 Å². The molecular formula is C17H26N2O2. The van der Waals surface area contributed by atoms with Crippen LogP contribution in [-0.4, -0.2) is 37.0 Å². The summed E-state index contributed by atoms with van der Waals surface area (Å²) in [6.45, 7) is 6.05. The van der Waals surface area contributed by atoms with Crippen molar-refractivity contribution in [2.75, 3.05) is 26.2 Å². The molecule has 0 unspecified atom stereocenters. The highest BCUT2D eigenvalue weighted by molar-refractivity contribution is 5.78. The van der Waals surface area contributed by atoms with Gasteiger partial charge in [-0.05, 0) is 50.0 Å². The third-order valence-corrected chi connectivity index (χ3v) is 3.70. The summed E-state index contributed by atoms with van der Waals surface area (Å²) in [6, 6.07) is 7.93. The van der Waals surface area contributed by atoms with Gasteiger partial charge < -0.3 is 10.1 Å². The van der Waals surface area contributed by atoms with Crippen molar-refractivity contribution < 1.29 is 9.53 Å². The van der Waals surface area contributed by atoms with Crippen LogP contribution in [0.5, 0.6) is 5.75 Å². The number of piperidine rings is 1. The molecule has 1 aromatic carbocycles. The van der Waals surface area contributed by atoms with E-state index in [9.17, 15) is 4.79 Å². The zero-order valence-corrected chi connectivity index (χ0v) is 12.9. The third kappa shape index (κ3) is 5.76. The zero-order chi connectivity index (χ0) is 14.9. The number of nitrogens with one attached hydrogen (secondary N) is 1. The van der Waals surface area contributed by atoms with Crippen LogP contribution in [0.25, 0.3) is 0 Å². The van der Waals surface area contributed by atoms with Gasteiger partial charge in [-0.3, -0.25) is 9.69 Å². The largest absolute Gasteiger partial charge is 0.494 e. The predicted octanol–water partition coefficient (Wildman–Crippen LogP) is 2.58. The van der Waals surface area contributed by atoms with Gasteiger partial charge in [0.15, 0.2) is 0 Å². The molecule has 0 aliphatic carbocycles. The maximum absolute atomic E-state index is 11.9. The summed E-state index contributed by atoms with van der Waals surface area (Å²) in [4.78, 5) is 14.2. The zero-order valence-electron chi connectivity index (χ0n) is 12.9. The van der Waals surface area contributed by atoms with E-state index in [1.807, 2.05) is 24.3 Å². The fourth-order valence-electron chi connectivity index (χ4n) is 2.50. The fraction of sp³-hybridized carbons (Fsp3) is 0.588. The number of nitrogens with zero attached hydrogens (tertiary/aromatic N) is 1. The van der Waals surface area contributed by atoms with Crippen LogP contribution in [0.1, 0.15) is 38.2 Å². The summed E-state index contributed by atoms with van der Waals surface area (Å²) in [5, 5.41) is 2.99. The molecule has 116 valence electrons. The summed E-state index contributed by atoms with van der Waals surface area (Å²) in [5.41, 5.74) is 1.10. The summed E-state index contributed by atoms with van der Waals surface area (Å²) >= 11 is 0.